The van der Waals surface area contributed by atoms with Gasteiger partial charge in [0, 0.05) is 6.04 Å². The summed E-state index contributed by atoms with van der Waals surface area (Å²) in [7, 11) is 0. The predicted octanol–water partition coefficient (Wildman–Crippen LogP) is 3.31. The van der Waals surface area contributed by atoms with Crippen LogP contribution in [-0.2, 0) is 11.3 Å². The number of para-hydroxylation sites is 1. The fourth-order valence-corrected chi connectivity index (χ4v) is 4.55. The van der Waals surface area contributed by atoms with Crippen LogP contribution in [0.5, 0.6) is 0 Å². The van der Waals surface area contributed by atoms with E-state index in [2.05, 4.69) is 15.6 Å². The monoisotopic (exact) mass is 436 g/mol. The molecule has 3 amide bonds. The smallest absolute Gasteiger partial charge is 0.321 e. The lowest BCUT2D eigenvalue weighted by molar-refractivity contribution is -0.117. The first-order chi connectivity index (χ1) is 15.1. The minimum atomic E-state index is -0.467. The molecule has 7 nitrogen and oxygen atoms in total. The van der Waals surface area contributed by atoms with E-state index in [1.165, 1.54) is 0 Å². The normalized spacial score (nSPS) is 13.9. The van der Waals surface area contributed by atoms with E-state index in [9.17, 15) is 14.4 Å². The Hall–Kier alpha value is -3.13. The van der Waals surface area contributed by atoms with Crippen molar-refractivity contribution in [3.63, 3.8) is 0 Å². The number of fused-ring (bicyclic) bond motifs is 1. The van der Waals surface area contributed by atoms with Crippen molar-refractivity contribution >= 4 is 34.6 Å². The number of aromatic nitrogens is 2. The molecule has 0 radical (unpaired) electrons. The predicted molar refractivity (Wildman–Crippen MR) is 121 cm³/mol. The van der Waals surface area contributed by atoms with E-state index in [1.807, 2.05) is 42.5 Å². The lowest BCUT2D eigenvalue weighted by atomic mass is 10.2. The Bertz CT molecular complexity index is 1140. The lowest BCUT2D eigenvalue weighted by Crippen LogP contribution is -2.44. The number of nitrogens with zero attached hydrogens (tertiary/aromatic N) is 2. The SMILES string of the molecule is O=C(CSc1nc2ccccc2c(=O)n1Cc1ccccc1)NC(=O)NC1CCCC1. The summed E-state index contributed by atoms with van der Waals surface area (Å²) in [6.45, 7) is 0.351. The van der Waals surface area contributed by atoms with Crippen molar-refractivity contribution in [2.24, 2.45) is 0 Å². The van der Waals surface area contributed by atoms with Crippen molar-refractivity contribution in [3.8, 4) is 0 Å². The van der Waals surface area contributed by atoms with Crippen molar-refractivity contribution in [1.82, 2.24) is 20.2 Å². The van der Waals surface area contributed by atoms with Gasteiger partial charge in [-0.2, -0.15) is 0 Å². The summed E-state index contributed by atoms with van der Waals surface area (Å²) in [5, 5.41) is 6.18. The van der Waals surface area contributed by atoms with Gasteiger partial charge in [0.25, 0.3) is 5.56 Å². The number of carbonyl (C=O) groups excluding carboxylic acids is 2. The Labute approximate surface area is 184 Å². The number of urea groups is 1. The van der Waals surface area contributed by atoms with E-state index in [0.29, 0.717) is 22.6 Å². The lowest BCUT2D eigenvalue weighted by Gasteiger charge is -2.14. The van der Waals surface area contributed by atoms with Gasteiger partial charge in [0.2, 0.25) is 5.91 Å². The molecule has 8 heteroatoms. The van der Waals surface area contributed by atoms with Gasteiger partial charge < -0.3 is 5.32 Å². The van der Waals surface area contributed by atoms with Crippen molar-refractivity contribution < 1.29 is 9.59 Å². The van der Waals surface area contributed by atoms with Crippen molar-refractivity contribution in [1.29, 1.82) is 0 Å². The van der Waals surface area contributed by atoms with Crippen LogP contribution in [0.1, 0.15) is 31.2 Å². The fourth-order valence-electron chi connectivity index (χ4n) is 3.75. The Morgan fingerprint density at radius 2 is 1.74 bits per heavy atom. The molecule has 1 aliphatic rings. The summed E-state index contributed by atoms with van der Waals surface area (Å²) in [4.78, 5) is 42.1. The zero-order chi connectivity index (χ0) is 21.6. The van der Waals surface area contributed by atoms with Gasteiger partial charge in [-0.25, -0.2) is 9.78 Å². The summed E-state index contributed by atoms with van der Waals surface area (Å²) in [5.41, 5.74) is 1.39. The molecule has 1 saturated carbocycles. The topological polar surface area (TPSA) is 93.1 Å². The Balaban J connectivity index is 1.50. The quantitative estimate of drug-likeness (QED) is 0.457. The molecular formula is C23H24N4O3S. The van der Waals surface area contributed by atoms with Crippen molar-refractivity contribution in [2.75, 3.05) is 5.75 Å². The number of hydrogen-bond donors (Lipinski definition) is 2. The molecule has 0 aliphatic heterocycles. The van der Waals surface area contributed by atoms with E-state index in [0.717, 1.165) is 43.0 Å². The van der Waals surface area contributed by atoms with Crippen LogP contribution in [0.4, 0.5) is 4.79 Å². The van der Waals surface area contributed by atoms with Crippen LogP contribution in [0.15, 0.2) is 64.5 Å². The van der Waals surface area contributed by atoms with Crippen LogP contribution in [0.25, 0.3) is 10.9 Å². The molecule has 1 fully saturated rings. The third kappa shape index (κ3) is 5.32. The minimum Gasteiger partial charge on any atom is -0.335 e. The maximum absolute atomic E-state index is 13.1. The number of carbonyl (C=O) groups is 2. The highest BCUT2D eigenvalue weighted by molar-refractivity contribution is 7.99. The highest BCUT2D eigenvalue weighted by Gasteiger charge is 2.19. The number of thioether (sulfide) groups is 1. The largest absolute Gasteiger partial charge is 0.335 e. The molecule has 1 aliphatic carbocycles. The first-order valence-electron chi connectivity index (χ1n) is 10.4. The Kier molecular flexibility index (Phi) is 6.66. The Morgan fingerprint density at radius 1 is 1.03 bits per heavy atom. The molecule has 160 valence electrons. The van der Waals surface area contributed by atoms with Gasteiger partial charge in [-0.05, 0) is 30.5 Å². The van der Waals surface area contributed by atoms with Crippen LogP contribution in [-0.4, -0.2) is 33.3 Å². The zero-order valence-electron chi connectivity index (χ0n) is 17.0. The molecule has 0 atom stereocenters. The molecule has 0 spiro atoms. The van der Waals surface area contributed by atoms with E-state index in [4.69, 9.17) is 0 Å². The molecule has 3 aromatic rings. The second-order valence-corrected chi connectivity index (χ2v) is 8.52. The Morgan fingerprint density at radius 3 is 2.52 bits per heavy atom. The van der Waals surface area contributed by atoms with E-state index in [1.54, 1.807) is 16.7 Å². The number of rotatable bonds is 6. The number of benzene rings is 2. The summed E-state index contributed by atoms with van der Waals surface area (Å²) in [6.07, 6.45) is 4.09. The first kappa shape index (κ1) is 21.1. The third-order valence-electron chi connectivity index (χ3n) is 5.29. The van der Waals surface area contributed by atoms with Crippen LogP contribution in [0.3, 0.4) is 0 Å². The molecule has 0 unspecified atom stereocenters. The number of nitrogens with one attached hydrogen (secondary N) is 2. The minimum absolute atomic E-state index is 0.0162. The molecule has 0 bridgehead atoms. The van der Waals surface area contributed by atoms with Gasteiger partial charge in [0.05, 0.1) is 23.2 Å². The first-order valence-corrected chi connectivity index (χ1v) is 11.4. The van der Waals surface area contributed by atoms with E-state index < -0.39 is 11.9 Å². The van der Waals surface area contributed by atoms with Gasteiger partial charge in [-0.15, -0.1) is 0 Å². The van der Waals surface area contributed by atoms with E-state index in [-0.39, 0.29) is 17.4 Å². The highest BCUT2D eigenvalue weighted by Crippen LogP contribution is 2.19. The summed E-state index contributed by atoms with van der Waals surface area (Å²) in [5.74, 6) is -0.438. The second-order valence-electron chi connectivity index (χ2n) is 7.58. The van der Waals surface area contributed by atoms with Crippen molar-refractivity contribution in [3.05, 3.63) is 70.5 Å². The molecule has 1 aromatic heterocycles. The molecule has 4 rings (SSSR count). The summed E-state index contributed by atoms with van der Waals surface area (Å²) in [6, 6.07) is 16.5. The maximum Gasteiger partial charge on any atom is 0.321 e. The van der Waals surface area contributed by atoms with Gasteiger partial charge in [-0.1, -0.05) is 67.1 Å². The van der Waals surface area contributed by atoms with Gasteiger partial charge in [0.1, 0.15) is 0 Å². The molecule has 0 saturated heterocycles. The van der Waals surface area contributed by atoms with Gasteiger partial charge in [-0.3, -0.25) is 19.5 Å². The van der Waals surface area contributed by atoms with Crippen molar-refractivity contribution in [2.45, 2.75) is 43.4 Å². The fraction of sp³-hybridized carbons (Fsp3) is 0.304. The van der Waals surface area contributed by atoms with Crippen LogP contribution < -0.4 is 16.2 Å². The van der Waals surface area contributed by atoms with E-state index >= 15 is 0 Å². The zero-order valence-corrected chi connectivity index (χ0v) is 17.9. The maximum atomic E-state index is 13.1. The van der Waals surface area contributed by atoms with Crippen LogP contribution in [0.2, 0.25) is 0 Å². The highest BCUT2D eigenvalue weighted by atomic mass is 32.2. The average Bonchev–Trinajstić information content (AvgIpc) is 3.28. The molecule has 2 aromatic carbocycles. The standard InChI is InChI=1S/C23H24N4O3S/c28-20(26-22(30)24-17-10-4-5-11-17)15-31-23-25-19-13-7-6-12-18(19)21(29)27(23)14-16-8-2-1-3-9-16/h1-3,6-9,12-13,17H,4-5,10-11,14-15H2,(H2,24,26,28,30). The van der Waals surface area contributed by atoms with Gasteiger partial charge in [0.15, 0.2) is 5.16 Å². The summed E-state index contributed by atoms with van der Waals surface area (Å²) < 4.78 is 1.58. The third-order valence-corrected chi connectivity index (χ3v) is 6.26. The number of imide groups is 1. The summed E-state index contributed by atoms with van der Waals surface area (Å²) >= 11 is 1.15. The molecule has 2 N–H and O–H groups in total. The molecular weight excluding hydrogens is 412 g/mol. The molecule has 31 heavy (non-hydrogen) atoms. The van der Waals surface area contributed by atoms with Gasteiger partial charge >= 0.3 is 6.03 Å². The van der Waals surface area contributed by atoms with Crippen LogP contribution in [0, 0.1) is 0 Å². The number of amides is 3. The second kappa shape index (κ2) is 9.78. The number of hydrogen-bond acceptors (Lipinski definition) is 5. The average molecular weight is 437 g/mol. The molecule has 1 heterocycles. The van der Waals surface area contributed by atoms with Crippen LogP contribution >= 0.6 is 11.8 Å².